The molecule has 0 N–H and O–H groups in total. The van der Waals surface area contributed by atoms with Gasteiger partial charge in [-0.05, 0) is 26.3 Å². The largest absolute Gasteiger partial charge is 0.365 e. The molecule has 1 fully saturated rings. The van der Waals surface area contributed by atoms with E-state index in [1.54, 1.807) is 0 Å². The Hall–Kier alpha value is -0.820. The van der Waals surface area contributed by atoms with Crippen LogP contribution in [0.1, 0.15) is 29.7 Å². The summed E-state index contributed by atoms with van der Waals surface area (Å²) in [5.74, 6) is 0. The lowest BCUT2D eigenvalue weighted by molar-refractivity contribution is 0.383. The molecule has 12 heavy (non-hydrogen) atoms. The molecule has 2 rings (SSSR count). The molecule has 0 aliphatic carbocycles. The van der Waals surface area contributed by atoms with Gasteiger partial charge < -0.3 is 4.74 Å². The van der Waals surface area contributed by atoms with Crippen LogP contribution in [0.5, 0.6) is 0 Å². The summed E-state index contributed by atoms with van der Waals surface area (Å²) in [6.07, 6.45) is 0.787. The van der Waals surface area contributed by atoms with Crippen molar-refractivity contribution in [1.29, 1.82) is 0 Å². The summed E-state index contributed by atoms with van der Waals surface area (Å²) in [5, 5.41) is 0. The third kappa shape index (κ3) is 1.37. The summed E-state index contributed by atoms with van der Waals surface area (Å²) in [4.78, 5) is 0. The van der Waals surface area contributed by atoms with E-state index in [1.807, 2.05) is 0 Å². The average Bonchev–Trinajstić information content (AvgIpc) is 2.64. The normalized spacial score (nSPS) is 27.2. The smallest absolute Gasteiger partial charge is 0.109 e. The van der Waals surface area contributed by atoms with Crippen molar-refractivity contribution in [1.82, 2.24) is 0 Å². The minimum Gasteiger partial charge on any atom is -0.365 e. The van der Waals surface area contributed by atoms with Crippen molar-refractivity contribution in [3.05, 3.63) is 34.9 Å². The Balaban J connectivity index is 2.32. The van der Waals surface area contributed by atoms with Crippen molar-refractivity contribution in [3.63, 3.8) is 0 Å². The Bertz CT molecular complexity index is 284. The van der Waals surface area contributed by atoms with Crippen LogP contribution in [0.25, 0.3) is 0 Å². The quantitative estimate of drug-likeness (QED) is 0.578. The zero-order chi connectivity index (χ0) is 8.72. The SMILES string of the molecule is Cc1cc(C)cc([C@H]2O[C@H]2C)c1. The number of rotatable bonds is 1. The first-order valence-electron chi connectivity index (χ1n) is 4.40. The fourth-order valence-corrected chi connectivity index (χ4v) is 1.71. The van der Waals surface area contributed by atoms with Crippen LogP contribution in [-0.2, 0) is 4.74 Å². The number of ether oxygens (including phenoxy) is 1. The molecule has 64 valence electrons. The van der Waals surface area contributed by atoms with Gasteiger partial charge in [-0.2, -0.15) is 0 Å². The van der Waals surface area contributed by atoms with E-state index in [-0.39, 0.29) is 0 Å². The molecular weight excluding hydrogens is 148 g/mol. The fourth-order valence-electron chi connectivity index (χ4n) is 1.71. The van der Waals surface area contributed by atoms with Gasteiger partial charge in [-0.1, -0.05) is 29.3 Å². The van der Waals surface area contributed by atoms with Crippen molar-refractivity contribution in [2.45, 2.75) is 33.0 Å². The molecule has 0 spiro atoms. The predicted octanol–water partition coefficient (Wildman–Crippen LogP) is 2.76. The first-order chi connectivity index (χ1) is 5.66. The number of hydrogen-bond acceptors (Lipinski definition) is 1. The zero-order valence-electron chi connectivity index (χ0n) is 7.79. The highest BCUT2D eigenvalue weighted by Crippen LogP contribution is 2.38. The van der Waals surface area contributed by atoms with Crippen LogP contribution in [-0.4, -0.2) is 6.10 Å². The maximum Gasteiger partial charge on any atom is 0.109 e. The molecule has 0 aromatic heterocycles. The predicted molar refractivity (Wildman–Crippen MR) is 49.2 cm³/mol. The van der Waals surface area contributed by atoms with Crippen LogP contribution in [0.3, 0.4) is 0 Å². The third-order valence-corrected chi connectivity index (χ3v) is 2.28. The minimum absolute atomic E-state index is 0.364. The minimum atomic E-state index is 0.364. The van der Waals surface area contributed by atoms with E-state index < -0.39 is 0 Å². The molecule has 1 heteroatoms. The van der Waals surface area contributed by atoms with E-state index in [1.165, 1.54) is 16.7 Å². The number of epoxide rings is 1. The fraction of sp³-hybridized carbons (Fsp3) is 0.455. The standard InChI is InChI=1S/C11H14O/c1-7-4-8(2)6-10(5-7)11-9(3)12-11/h4-6,9,11H,1-3H3/t9-,11-/m0/s1. The number of benzene rings is 1. The van der Waals surface area contributed by atoms with Gasteiger partial charge >= 0.3 is 0 Å². The van der Waals surface area contributed by atoms with Crippen LogP contribution in [0.4, 0.5) is 0 Å². The van der Waals surface area contributed by atoms with Crippen molar-refractivity contribution >= 4 is 0 Å². The molecule has 0 unspecified atom stereocenters. The van der Waals surface area contributed by atoms with Gasteiger partial charge in [-0.25, -0.2) is 0 Å². The van der Waals surface area contributed by atoms with E-state index in [0.29, 0.717) is 12.2 Å². The van der Waals surface area contributed by atoms with E-state index in [4.69, 9.17) is 4.74 Å². The second-order valence-corrected chi connectivity index (χ2v) is 3.68. The van der Waals surface area contributed by atoms with Gasteiger partial charge in [0.05, 0.1) is 6.10 Å². The van der Waals surface area contributed by atoms with Gasteiger partial charge in [-0.15, -0.1) is 0 Å². The maximum atomic E-state index is 5.41. The molecule has 0 radical (unpaired) electrons. The second-order valence-electron chi connectivity index (χ2n) is 3.68. The van der Waals surface area contributed by atoms with Gasteiger partial charge in [0.2, 0.25) is 0 Å². The van der Waals surface area contributed by atoms with Crippen LogP contribution in [0.2, 0.25) is 0 Å². The monoisotopic (exact) mass is 162 g/mol. The molecule has 1 aliphatic rings. The first-order valence-corrected chi connectivity index (χ1v) is 4.40. The molecule has 0 amide bonds. The van der Waals surface area contributed by atoms with E-state index in [9.17, 15) is 0 Å². The Morgan fingerprint density at radius 3 is 2.00 bits per heavy atom. The summed E-state index contributed by atoms with van der Waals surface area (Å²) in [5.41, 5.74) is 3.99. The Morgan fingerprint density at radius 1 is 1.08 bits per heavy atom. The molecule has 1 saturated heterocycles. The lowest BCUT2D eigenvalue weighted by Crippen LogP contribution is -1.86. The summed E-state index contributed by atoms with van der Waals surface area (Å²) in [6.45, 7) is 6.37. The topological polar surface area (TPSA) is 12.5 Å². The van der Waals surface area contributed by atoms with Crippen LogP contribution >= 0.6 is 0 Å². The highest BCUT2D eigenvalue weighted by atomic mass is 16.6. The molecule has 1 aromatic rings. The molecule has 1 aliphatic heterocycles. The van der Waals surface area contributed by atoms with Crippen molar-refractivity contribution < 1.29 is 4.74 Å². The third-order valence-electron chi connectivity index (χ3n) is 2.28. The molecule has 0 saturated carbocycles. The molecule has 1 nitrogen and oxygen atoms in total. The van der Waals surface area contributed by atoms with E-state index in [2.05, 4.69) is 39.0 Å². The second kappa shape index (κ2) is 2.60. The van der Waals surface area contributed by atoms with Crippen LogP contribution < -0.4 is 0 Å². The van der Waals surface area contributed by atoms with Crippen LogP contribution in [0.15, 0.2) is 18.2 Å². The molecule has 0 bridgehead atoms. The van der Waals surface area contributed by atoms with E-state index >= 15 is 0 Å². The summed E-state index contributed by atoms with van der Waals surface area (Å²) in [7, 11) is 0. The lowest BCUT2D eigenvalue weighted by Gasteiger charge is -2.00. The first kappa shape index (κ1) is 7.81. The average molecular weight is 162 g/mol. The number of aryl methyl sites for hydroxylation is 2. The highest BCUT2D eigenvalue weighted by molar-refractivity contribution is 5.32. The summed E-state index contributed by atoms with van der Waals surface area (Å²) < 4.78 is 5.41. The van der Waals surface area contributed by atoms with E-state index in [0.717, 1.165) is 0 Å². The van der Waals surface area contributed by atoms with Crippen LogP contribution in [0, 0.1) is 13.8 Å². The van der Waals surface area contributed by atoms with Gasteiger partial charge in [-0.3, -0.25) is 0 Å². The van der Waals surface area contributed by atoms with Gasteiger partial charge in [0.15, 0.2) is 0 Å². The van der Waals surface area contributed by atoms with Crippen molar-refractivity contribution in [3.8, 4) is 0 Å². The van der Waals surface area contributed by atoms with Gasteiger partial charge in [0.1, 0.15) is 6.10 Å². The Kier molecular flexibility index (Phi) is 1.69. The Labute approximate surface area is 73.4 Å². The number of hydrogen-bond donors (Lipinski definition) is 0. The molecule has 1 aromatic carbocycles. The summed E-state index contributed by atoms with van der Waals surface area (Å²) >= 11 is 0. The van der Waals surface area contributed by atoms with Gasteiger partial charge in [0, 0.05) is 0 Å². The lowest BCUT2D eigenvalue weighted by atomic mass is 10.0. The molecular formula is C11H14O. The van der Waals surface area contributed by atoms with Gasteiger partial charge in [0.25, 0.3) is 0 Å². The maximum absolute atomic E-state index is 5.41. The summed E-state index contributed by atoms with van der Waals surface area (Å²) in [6, 6.07) is 6.61. The highest BCUT2D eigenvalue weighted by Gasteiger charge is 2.35. The zero-order valence-corrected chi connectivity index (χ0v) is 7.79. The molecule has 2 atom stereocenters. The Morgan fingerprint density at radius 2 is 1.58 bits per heavy atom. The van der Waals surface area contributed by atoms with Crippen molar-refractivity contribution in [2.75, 3.05) is 0 Å². The van der Waals surface area contributed by atoms with Crippen molar-refractivity contribution in [2.24, 2.45) is 0 Å². The molecule has 1 heterocycles.